The molecule has 1 amide bonds. The van der Waals surface area contributed by atoms with Gasteiger partial charge in [0.1, 0.15) is 5.82 Å². The molecule has 0 N–H and O–H groups in total. The minimum Gasteiger partial charge on any atom is -0.353 e. The molecule has 0 aromatic carbocycles. The number of hydrogen-bond donors (Lipinski definition) is 0. The molecule has 80 valence electrons. The number of carbonyl (C=O) groups is 1. The van der Waals surface area contributed by atoms with E-state index in [-0.39, 0.29) is 5.37 Å². The third kappa shape index (κ3) is 2.39. The van der Waals surface area contributed by atoms with Crippen LogP contribution in [-0.2, 0) is 0 Å². The smallest absolute Gasteiger partial charge is 0.316 e. The minimum atomic E-state index is -0.365. The number of anilines is 1. The monoisotopic (exact) mass is 225 g/mol. The molecule has 1 saturated heterocycles. The van der Waals surface area contributed by atoms with Gasteiger partial charge in [0.2, 0.25) is 0 Å². The largest absolute Gasteiger partial charge is 0.353 e. The molecular formula is C10H12ClN3O. The van der Waals surface area contributed by atoms with Gasteiger partial charge in [0.15, 0.2) is 0 Å². The van der Waals surface area contributed by atoms with Crippen molar-refractivity contribution in [3.63, 3.8) is 0 Å². The summed E-state index contributed by atoms with van der Waals surface area (Å²) < 4.78 is 0. The quantitative estimate of drug-likeness (QED) is 0.538. The summed E-state index contributed by atoms with van der Waals surface area (Å²) in [4.78, 5) is 18.9. The molecule has 0 unspecified atom stereocenters. The number of halogens is 1. The number of nitrogens with zero attached hydrogens (tertiary/aromatic N) is 3. The Morgan fingerprint density at radius 1 is 1.27 bits per heavy atom. The van der Waals surface area contributed by atoms with E-state index in [0.29, 0.717) is 13.1 Å². The molecule has 5 heteroatoms. The van der Waals surface area contributed by atoms with Crippen LogP contribution in [0.25, 0.3) is 0 Å². The van der Waals surface area contributed by atoms with Gasteiger partial charge in [-0.1, -0.05) is 6.07 Å². The summed E-state index contributed by atoms with van der Waals surface area (Å²) in [6.45, 7) is 2.91. The fraction of sp³-hybridized carbons (Fsp3) is 0.400. The summed E-state index contributed by atoms with van der Waals surface area (Å²) in [6.07, 6.45) is 1.77. The molecule has 0 saturated carbocycles. The summed E-state index contributed by atoms with van der Waals surface area (Å²) in [5.74, 6) is 0.958. The predicted octanol–water partition coefficient (Wildman–Crippen LogP) is 1.56. The molecular weight excluding hydrogens is 214 g/mol. The zero-order chi connectivity index (χ0) is 10.7. The van der Waals surface area contributed by atoms with Crippen LogP contribution in [0.4, 0.5) is 10.6 Å². The predicted molar refractivity (Wildman–Crippen MR) is 59.3 cm³/mol. The van der Waals surface area contributed by atoms with Gasteiger partial charge in [-0.15, -0.1) is 0 Å². The van der Waals surface area contributed by atoms with Crippen LogP contribution in [0.3, 0.4) is 0 Å². The van der Waals surface area contributed by atoms with Crippen molar-refractivity contribution in [2.24, 2.45) is 0 Å². The Hall–Kier alpha value is -1.29. The van der Waals surface area contributed by atoms with E-state index in [9.17, 15) is 4.79 Å². The van der Waals surface area contributed by atoms with Crippen LogP contribution in [0.5, 0.6) is 0 Å². The number of carbonyl (C=O) groups excluding carboxylic acids is 1. The fourth-order valence-electron chi connectivity index (χ4n) is 1.65. The maximum Gasteiger partial charge on any atom is 0.316 e. The maximum absolute atomic E-state index is 10.9. The fourth-order valence-corrected chi connectivity index (χ4v) is 1.82. The molecule has 2 heterocycles. The zero-order valence-electron chi connectivity index (χ0n) is 8.27. The molecule has 0 aliphatic carbocycles. The van der Waals surface area contributed by atoms with E-state index >= 15 is 0 Å². The third-order valence-corrected chi connectivity index (χ3v) is 2.74. The van der Waals surface area contributed by atoms with Gasteiger partial charge in [-0.05, 0) is 23.7 Å². The molecule has 0 atom stereocenters. The first-order valence-electron chi connectivity index (χ1n) is 4.88. The number of rotatable bonds is 1. The lowest BCUT2D eigenvalue weighted by Gasteiger charge is -2.34. The van der Waals surface area contributed by atoms with Crippen molar-refractivity contribution in [1.29, 1.82) is 0 Å². The van der Waals surface area contributed by atoms with E-state index in [4.69, 9.17) is 11.6 Å². The van der Waals surface area contributed by atoms with Crippen molar-refractivity contribution in [3.8, 4) is 0 Å². The molecule has 1 aliphatic rings. The summed E-state index contributed by atoms with van der Waals surface area (Å²) in [5, 5.41) is -0.365. The standard InChI is InChI=1S/C10H12ClN3O/c11-10(15)14-7-5-13(6-8-14)9-3-1-2-4-12-9/h1-4H,5-8H2. The van der Waals surface area contributed by atoms with Crippen LogP contribution >= 0.6 is 11.6 Å². The first-order chi connectivity index (χ1) is 7.27. The zero-order valence-corrected chi connectivity index (χ0v) is 9.02. The molecule has 0 spiro atoms. The summed E-state index contributed by atoms with van der Waals surface area (Å²) in [7, 11) is 0. The van der Waals surface area contributed by atoms with Gasteiger partial charge >= 0.3 is 5.37 Å². The van der Waals surface area contributed by atoms with Gasteiger partial charge in [0.05, 0.1) is 0 Å². The Bertz CT molecular complexity index is 336. The molecule has 0 bridgehead atoms. The average Bonchev–Trinajstić information content (AvgIpc) is 2.30. The van der Waals surface area contributed by atoms with Gasteiger partial charge in [0.25, 0.3) is 0 Å². The molecule has 15 heavy (non-hydrogen) atoms. The second kappa shape index (κ2) is 4.49. The van der Waals surface area contributed by atoms with Crippen molar-refractivity contribution < 1.29 is 4.79 Å². The van der Waals surface area contributed by atoms with Gasteiger partial charge < -0.3 is 9.80 Å². The lowest BCUT2D eigenvalue weighted by Crippen LogP contribution is -2.47. The van der Waals surface area contributed by atoms with Crippen LogP contribution in [0.2, 0.25) is 0 Å². The van der Waals surface area contributed by atoms with Gasteiger partial charge in [-0.25, -0.2) is 4.98 Å². The van der Waals surface area contributed by atoms with Crippen molar-refractivity contribution in [2.45, 2.75) is 0 Å². The molecule has 2 rings (SSSR count). The van der Waals surface area contributed by atoms with E-state index in [0.717, 1.165) is 18.9 Å². The van der Waals surface area contributed by atoms with E-state index in [2.05, 4.69) is 9.88 Å². The van der Waals surface area contributed by atoms with Gasteiger partial charge in [0, 0.05) is 32.4 Å². The second-order valence-electron chi connectivity index (χ2n) is 3.41. The SMILES string of the molecule is O=C(Cl)N1CCN(c2ccccn2)CC1. The highest BCUT2D eigenvalue weighted by Crippen LogP contribution is 2.13. The minimum absolute atomic E-state index is 0.365. The summed E-state index contributed by atoms with van der Waals surface area (Å²) in [5.41, 5.74) is 0. The first-order valence-corrected chi connectivity index (χ1v) is 5.25. The molecule has 1 fully saturated rings. The Morgan fingerprint density at radius 2 is 2.00 bits per heavy atom. The van der Waals surface area contributed by atoms with Crippen LogP contribution in [0, 0.1) is 0 Å². The Balaban J connectivity index is 1.97. The molecule has 1 aromatic heterocycles. The van der Waals surface area contributed by atoms with Crippen molar-refractivity contribution in [2.75, 3.05) is 31.1 Å². The highest BCUT2D eigenvalue weighted by molar-refractivity contribution is 6.62. The molecule has 1 aliphatic heterocycles. The lowest BCUT2D eigenvalue weighted by molar-refractivity contribution is 0.218. The highest BCUT2D eigenvalue weighted by atomic mass is 35.5. The number of hydrogen-bond acceptors (Lipinski definition) is 3. The number of amides is 1. The van der Waals surface area contributed by atoms with Crippen molar-refractivity contribution >= 4 is 22.8 Å². The molecule has 0 radical (unpaired) electrons. The van der Waals surface area contributed by atoms with E-state index in [1.165, 1.54) is 0 Å². The number of aromatic nitrogens is 1. The Labute approximate surface area is 93.5 Å². The highest BCUT2D eigenvalue weighted by Gasteiger charge is 2.19. The van der Waals surface area contributed by atoms with Crippen LogP contribution in [-0.4, -0.2) is 41.4 Å². The number of piperazine rings is 1. The molecule has 1 aromatic rings. The first kappa shape index (κ1) is 10.2. The topological polar surface area (TPSA) is 36.4 Å². The summed E-state index contributed by atoms with van der Waals surface area (Å²) in [6, 6.07) is 5.82. The lowest BCUT2D eigenvalue weighted by atomic mass is 10.3. The van der Waals surface area contributed by atoms with Crippen LogP contribution < -0.4 is 4.90 Å². The van der Waals surface area contributed by atoms with E-state index < -0.39 is 0 Å². The average molecular weight is 226 g/mol. The van der Waals surface area contributed by atoms with Gasteiger partial charge in [-0.2, -0.15) is 0 Å². The second-order valence-corrected chi connectivity index (χ2v) is 3.74. The Morgan fingerprint density at radius 3 is 2.53 bits per heavy atom. The Kier molecular flexibility index (Phi) is 3.06. The maximum atomic E-state index is 10.9. The number of pyridine rings is 1. The third-order valence-electron chi connectivity index (χ3n) is 2.50. The van der Waals surface area contributed by atoms with Crippen molar-refractivity contribution in [1.82, 2.24) is 9.88 Å². The van der Waals surface area contributed by atoms with E-state index in [1.54, 1.807) is 11.1 Å². The normalized spacial score (nSPS) is 16.6. The van der Waals surface area contributed by atoms with Gasteiger partial charge in [-0.3, -0.25) is 4.79 Å². The molecule has 4 nitrogen and oxygen atoms in total. The summed E-state index contributed by atoms with van der Waals surface area (Å²) >= 11 is 5.40. The van der Waals surface area contributed by atoms with E-state index in [1.807, 2.05) is 18.2 Å². The van der Waals surface area contributed by atoms with Crippen LogP contribution in [0.15, 0.2) is 24.4 Å². The van der Waals surface area contributed by atoms with Crippen LogP contribution in [0.1, 0.15) is 0 Å². The van der Waals surface area contributed by atoms with Crippen molar-refractivity contribution in [3.05, 3.63) is 24.4 Å².